The molecule has 120 valence electrons. The molecule has 0 fully saturated rings. The van der Waals surface area contributed by atoms with Crippen molar-refractivity contribution in [2.45, 2.75) is 6.54 Å². The molecule has 8 heteroatoms. The van der Waals surface area contributed by atoms with Crippen LogP contribution in [0.3, 0.4) is 0 Å². The summed E-state index contributed by atoms with van der Waals surface area (Å²) in [5.41, 5.74) is 1.59. The van der Waals surface area contributed by atoms with Crippen molar-refractivity contribution in [3.8, 4) is 11.3 Å². The summed E-state index contributed by atoms with van der Waals surface area (Å²) < 4.78 is 2.97. The smallest absolute Gasteiger partial charge is 0.262 e. The highest BCUT2D eigenvalue weighted by atomic mass is 35.5. The Morgan fingerprint density at radius 2 is 2.12 bits per heavy atom. The van der Waals surface area contributed by atoms with E-state index in [-0.39, 0.29) is 18.7 Å². The molecule has 1 N–H and O–H groups in total. The molecule has 1 aromatic carbocycles. The second-order valence-electron chi connectivity index (χ2n) is 5.24. The molecule has 0 amide bonds. The Morgan fingerprint density at radius 1 is 1.25 bits per heavy atom. The number of aliphatic hydroxyl groups excluding tert-OH is 1. The van der Waals surface area contributed by atoms with Gasteiger partial charge in [-0.15, -0.1) is 0 Å². The summed E-state index contributed by atoms with van der Waals surface area (Å²) in [5, 5.41) is 14.3. The largest absolute Gasteiger partial charge is 0.395 e. The number of aliphatic hydroxyl groups is 1. The fourth-order valence-electron chi connectivity index (χ4n) is 2.75. The van der Waals surface area contributed by atoms with E-state index in [9.17, 15) is 4.79 Å². The minimum atomic E-state index is -0.249. The third kappa shape index (κ3) is 2.26. The van der Waals surface area contributed by atoms with Gasteiger partial charge < -0.3 is 9.67 Å². The molecule has 0 spiro atoms. The average Bonchev–Trinajstić information content (AvgIpc) is 3.04. The first-order chi connectivity index (χ1) is 11.7. The maximum atomic E-state index is 12.9. The number of aromatic nitrogens is 5. The predicted octanol–water partition coefficient (Wildman–Crippen LogP) is 1.75. The lowest BCUT2D eigenvalue weighted by Gasteiger charge is -2.11. The van der Waals surface area contributed by atoms with Gasteiger partial charge in [-0.2, -0.15) is 14.6 Å². The van der Waals surface area contributed by atoms with E-state index in [1.54, 1.807) is 24.4 Å². The second kappa shape index (κ2) is 5.70. The first-order valence-corrected chi connectivity index (χ1v) is 7.66. The Balaban J connectivity index is 2.19. The number of hydrogen-bond donors (Lipinski definition) is 1. The molecule has 0 aliphatic heterocycles. The predicted molar refractivity (Wildman–Crippen MR) is 90.1 cm³/mol. The number of nitrogens with zero attached hydrogens (tertiary/aromatic N) is 5. The molecule has 4 rings (SSSR count). The molecular weight excluding hydrogens is 330 g/mol. The minimum absolute atomic E-state index is 0.128. The second-order valence-corrected chi connectivity index (χ2v) is 5.68. The standard InChI is InChI=1S/C16H12ClN5O2/c17-11-3-1-2-10(8-11)14-13-12(20-16-18-9-19-22(14)16)4-5-21(6-7-23)15(13)24/h1-5,8-9,23H,6-7H2. The Bertz CT molecular complexity index is 1120. The number of halogens is 1. The fraction of sp³-hybridized carbons (Fsp3) is 0.125. The minimum Gasteiger partial charge on any atom is -0.395 e. The van der Waals surface area contributed by atoms with Crippen molar-refractivity contribution in [1.82, 2.24) is 24.1 Å². The van der Waals surface area contributed by atoms with E-state index in [0.29, 0.717) is 27.4 Å². The van der Waals surface area contributed by atoms with Crippen LogP contribution in [0.1, 0.15) is 0 Å². The van der Waals surface area contributed by atoms with E-state index >= 15 is 0 Å². The highest BCUT2D eigenvalue weighted by Gasteiger charge is 2.17. The zero-order valence-electron chi connectivity index (χ0n) is 12.4. The zero-order valence-corrected chi connectivity index (χ0v) is 13.2. The Labute approximate surface area is 140 Å². The van der Waals surface area contributed by atoms with Crippen molar-refractivity contribution >= 4 is 28.3 Å². The molecule has 0 aliphatic carbocycles. The first kappa shape index (κ1) is 14.8. The van der Waals surface area contributed by atoms with Gasteiger partial charge in [0.25, 0.3) is 11.3 Å². The molecule has 0 saturated carbocycles. The molecule has 0 aliphatic rings. The zero-order chi connectivity index (χ0) is 16.7. The molecule has 3 heterocycles. The average molecular weight is 342 g/mol. The van der Waals surface area contributed by atoms with Crippen LogP contribution in [0.2, 0.25) is 5.02 Å². The highest BCUT2D eigenvalue weighted by Crippen LogP contribution is 2.27. The van der Waals surface area contributed by atoms with Gasteiger partial charge in [0.2, 0.25) is 0 Å². The van der Waals surface area contributed by atoms with Crippen molar-refractivity contribution in [1.29, 1.82) is 0 Å². The molecule has 0 radical (unpaired) electrons. The van der Waals surface area contributed by atoms with Crippen LogP contribution in [0.4, 0.5) is 0 Å². The molecule has 4 aromatic rings. The number of rotatable bonds is 3. The summed E-state index contributed by atoms with van der Waals surface area (Å²) in [4.78, 5) is 21.4. The van der Waals surface area contributed by atoms with Crippen LogP contribution in [0.25, 0.3) is 27.9 Å². The van der Waals surface area contributed by atoms with Gasteiger partial charge in [-0.3, -0.25) is 4.79 Å². The quantitative estimate of drug-likeness (QED) is 0.613. The molecular formula is C16H12ClN5O2. The summed E-state index contributed by atoms with van der Waals surface area (Å²) in [5.74, 6) is 0.400. The summed E-state index contributed by atoms with van der Waals surface area (Å²) >= 11 is 6.11. The van der Waals surface area contributed by atoms with Gasteiger partial charge in [0.15, 0.2) is 0 Å². The molecule has 0 unspecified atom stereocenters. The van der Waals surface area contributed by atoms with Crippen molar-refractivity contribution in [3.63, 3.8) is 0 Å². The summed E-state index contributed by atoms with van der Waals surface area (Å²) in [6.07, 6.45) is 3.00. The molecule has 0 bridgehead atoms. The summed E-state index contributed by atoms with van der Waals surface area (Å²) in [6, 6.07) is 8.92. The normalized spacial score (nSPS) is 11.4. The van der Waals surface area contributed by atoms with Gasteiger partial charge >= 0.3 is 0 Å². The SMILES string of the molecule is O=c1c2c(-c3cccc(Cl)c3)n3ncnc3nc2ccn1CCO. The third-order valence-corrected chi connectivity index (χ3v) is 4.02. The van der Waals surface area contributed by atoms with Crippen molar-refractivity contribution in [2.24, 2.45) is 0 Å². The lowest BCUT2D eigenvalue weighted by atomic mass is 10.1. The molecule has 0 atom stereocenters. The number of hydrogen-bond acceptors (Lipinski definition) is 5. The van der Waals surface area contributed by atoms with E-state index in [2.05, 4.69) is 15.1 Å². The van der Waals surface area contributed by atoms with Crippen molar-refractivity contribution < 1.29 is 5.11 Å². The molecule has 3 aromatic heterocycles. The van der Waals surface area contributed by atoms with E-state index < -0.39 is 0 Å². The molecule has 7 nitrogen and oxygen atoms in total. The van der Waals surface area contributed by atoms with Crippen LogP contribution in [-0.2, 0) is 6.54 Å². The van der Waals surface area contributed by atoms with Crippen molar-refractivity contribution in [2.75, 3.05) is 6.61 Å². The molecule has 0 saturated heterocycles. The van der Waals surface area contributed by atoms with E-state index in [0.717, 1.165) is 5.56 Å². The van der Waals surface area contributed by atoms with Crippen LogP contribution < -0.4 is 5.56 Å². The monoisotopic (exact) mass is 341 g/mol. The van der Waals surface area contributed by atoms with Crippen LogP contribution in [0, 0.1) is 0 Å². The molecule has 24 heavy (non-hydrogen) atoms. The Kier molecular flexibility index (Phi) is 3.51. The van der Waals surface area contributed by atoms with Gasteiger partial charge in [-0.25, -0.2) is 4.98 Å². The summed E-state index contributed by atoms with van der Waals surface area (Å²) in [6.45, 7) is 0.0794. The summed E-state index contributed by atoms with van der Waals surface area (Å²) in [7, 11) is 0. The van der Waals surface area contributed by atoms with Gasteiger partial charge in [0.05, 0.1) is 23.2 Å². The van der Waals surface area contributed by atoms with Gasteiger partial charge in [0.1, 0.15) is 6.33 Å². The lowest BCUT2D eigenvalue weighted by Crippen LogP contribution is -2.22. The topological polar surface area (TPSA) is 85.3 Å². The van der Waals surface area contributed by atoms with Gasteiger partial charge in [-0.1, -0.05) is 23.7 Å². The van der Waals surface area contributed by atoms with Crippen LogP contribution in [-0.4, -0.2) is 35.9 Å². The van der Waals surface area contributed by atoms with E-state index in [1.807, 2.05) is 12.1 Å². The highest BCUT2D eigenvalue weighted by molar-refractivity contribution is 6.30. The lowest BCUT2D eigenvalue weighted by molar-refractivity contribution is 0.274. The first-order valence-electron chi connectivity index (χ1n) is 7.29. The Morgan fingerprint density at radius 3 is 2.92 bits per heavy atom. The fourth-order valence-corrected chi connectivity index (χ4v) is 2.94. The number of benzene rings is 1. The Hall–Kier alpha value is -2.77. The van der Waals surface area contributed by atoms with Gasteiger partial charge in [-0.05, 0) is 18.2 Å². The van der Waals surface area contributed by atoms with Crippen LogP contribution in [0.15, 0.2) is 47.7 Å². The van der Waals surface area contributed by atoms with Gasteiger partial charge in [0, 0.05) is 23.3 Å². The maximum Gasteiger partial charge on any atom is 0.262 e. The van der Waals surface area contributed by atoms with E-state index in [1.165, 1.54) is 15.4 Å². The third-order valence-electron chi connectivity index (χ3n) is 3.78. The number of pyridine rings is 1. The van der Waals surface area contributed by atoms with Crippen LogP contribution in [0.5, 0.6) is 0 Å². The van der Waals surface area contributed by atoms with Crippen LogP contribution >= 0.6 is 11.6 Å². The number of fused-ring (bicyclic) bond motifs is 2. The van der Waals surface area contributed by atoms with Crippen molar-refractivity contribution in [3.05, 3.63) is 58.2 Å². The maximum absolute atomic E-state index is 12.9. The van der Waals surface area contributed by atoms with E-state index in [4.69, 9.17) is 16.7 Å².